The van der Waals surface area contributed by atoms with Crippen LogP contribution in [0.1, 0.15) is 41.4 Å². The highest BCUT2D eigenvalue weighted by atomic mass is 35.5. The third kappa shape index (κ3) is 4.70. The molecule has 7 rings (SSSR count). The van der Waals surface area contributed by atoms with E-state index in [4.69, 9.17) is 26.1 Å². The van der Waals surface area contributed by atoms with Gasteiger partial charge in [-0.3, -0.25) is 9.59 Å². The minimum absolute atomic E-state index is 0.0355. The summed E-state index contributed by atoms with van der Waals surface area (Å²) in [6.07, 6.45) is 0.851. The maximum atomic E-state index is 14.6. The van der Waals surface area contributed by atoms with Crippen molar-refractivity contribution in [3.63, 3.8) is 0 Å². The molecule has 0 saturated heterocycles. The summed E-state index contributed by atoms with van der Waals surface area (Å²) < 4.78 is 14.0. The zero-order chi connectivity index (χ0) is 28.6. The first kappa shape index (κ1) is 26.0. The van der Waals surface area contributed by atoms with E-state index in [1.807, 2.05) is 78.9 Å². The molecule has 1 aromatic heterocycles. The average molecular weight is 573 g/mol. The SMILES string of the molecule is O=C1CC(c2ccccc2)CC2=C1C(c1ccccc1)c1c(nc(Oc3ccccc3)n(-c3ccc(Cl)cc3)c1=O)O2. The predicted molar refractivity (Wildman–Crippen MR) is 161 cm³/mol. The second-order valence-electron chi connectivity index (χ2n) is 10.4. The van der Waals surface area contributed by atoms with Gasteiger partial charge in [-0.1, -0.05) is 90.5 Å². The number of benzene rings is 4. The molecule has 1 aliphatic heterocycles. The minimum atomic E-state index is -0.640. The van der Waals surface area contributed by atoms with E-state index in [0.29, 0.717) is 46.2 Å². The van der Waals surface area contributed by atoms with E-state index in [-0.39, 0.29) is 29.2 Å². The number of ketones is 1. The molecule has 0 bridgehead atoms. The second kappa shape index (κ2) is 10.8. The van der Waals surface area contributed by atoms with Crippen molar-refractivity contribution in [3.8, 4) is 23.3 Å². The van der Waals surface area contributed by atoms with Gasteiger partial charge < -0.3 is 9.47 Å². The molecule has 0 saturated carbocycles. The lowest BCUT2D eigenvalue weighted by Gasteiger charge is -2.35. The highest BCUT2D eigenvalue weighted by molar-refractivity contribution is 6.30. The Balaban J connectivity index is 1.44. The van der Waals surface area contributed by atoms with Crippen LogP contribution in [0.2, 0.25) is 5.02 Å². The standard InChI is InChI=1S/C35H25ClN2O4/c36-25-16-18-26(19-17-25)38-34(40)32-30(23-12-6-2-7-13-23)31-28(39)20-24(22-10-4-1-5-11-22)21-29(31)42-33(32)37-35(38)41-27-14-8-3-9-15-27/h1-19,24,30H,20-21H2. The maximum absolute atomic E-state index is 14.6. The van der Waals surface area contributed by atoms with Crippen molar-refractivity contribution >= 4 is 17.4 Å². The highest BCUT2D eigenvalue weighted by Gasteiger charge is 2.43. The maximum Gasteiger partial charge on any atom is 0.312 e. The second-order valence-corrected chi connectivity index (χ2v) is 10.8. The predicted octanol–water partition coefficient (Wildman–Crippen LogP) is 7.60. The molecule has 0 N–H and O–H groups in total. The van der Waals surface area contributed by atoms with Crippen LogP contribution in [-0.4, -0.2) is 15.3 Å². The first-order chi connectivity index (χ1) is 20.6. The third-order valence-electron chi connectivity index (χ3n) is 7.76. The van der Waals surface area contributed by atoms with Crippen LogP contribution in [0.25, 0.3) is 5.69 Å². The minimum Gasteiger partial charge on any atom is -0.442 e. The number of ether oxygens (including phenoxy) is 2. The lowest BCUT2D eigenvalue weighted by atomic mass is 9.74. The van der Waals surface area contributed by atoms with Gasteiger partial charge in [0.1, 0.15) is 11.5 Å². The summed E-state index contributed by atoms with van der Waals surface area (Å²) in [7, 11) is 0. The molecule has 7 heteroatoms. The zero-order valence-electron chi connectivity index (χ0n) is 22.4. The first-order valence-electron chi connectivity index (χ1n) is 13.8. The van der Waals surface area contributed by atoms with E-state index < -0.39 is 5.92 Å². The molecule has 42 heavy (non-hydrogen) atoms. The Morgan fingerprint density at radius 3 is 2.05 bits per heavy atom. The summed E-state index contributed by atoms with van der Waals surface area (Å²) in [5.41, 5.74) is 2.84. The van der Waals surface area contributed by atoms with Crippen molar-refractivity contribution in [1.82, 2.24) is 9.55 Å². The highest BCUT2D eigenvalue weighted by Crippen LogP contribution is 2.48. The summed E-state index contributed by atoms with van der Waals surface area (Å²) in [4.78, 5) is 33.3. The van der Waals surface area contributed by atoms with Crippen molar-refractivity contribution in [2.24, 2.45) is 0 Å². The molecule has 2 unspecified atom stereocenters. The number of Topliss-reactive ketones (excluding diaryl/α,β-unsaturated/α-hetero) is 1. The smallest absolute Gasteiger partial charge is 0.312 e. The van der Waals surface area contributed by atoms with Gasteiger partial charge in [0.25, 0.3) is 5.56 Å². The van der Waals surface area contributed by atoms with E-state index >= 15 is 0 Å². The number of hydrogen-bond acceptors (Lipinski definition) is 5. The van der Waals surface area contributed by atoms with Crippen LogP contribution in [0.3, 0.4) is 0 Å². The summed E-state index contributed by atoms with van der Waals surface area (Å²) in [5, 5.41) is 0.532. The van der Waals surface area contributed by atoms with Gasteiger partial charge >= 0.3 is 6.01 Å². The summed E-state index contributed by atoms with van der Waals surface area (Å²) in [6.45, 7) is 0. The molecule has 0 radical (unpaired) electrons. The molecule has 0 spiro atoms. The molecule has 0 fully saturated rings. The van der Waals surface area contributed by atoms with Gasteiger partial charge in [-0.05, 0) is 53.4 Å². The summed E-state index contributed by atoms with van der Waals surface area (Å²) >= 11 is 6.18. The van der Waals surface area contributed by atoms with Gasteiger partial charge in [-0.25, -0.2) is 4.57 Å². The van der Waals surface area contributed by atoms with Crippen molar-refractivity contribution in [2.75, 3.05) is 0 Å². The van der Waals surface area contributed by atoms with Crippen LogP contribution in [0.15, 0.2) is 131 Å². The van der Waals surface area contributed by atoms with Crippen LogP contribution in [0.5, 0.6) is 17.6 Å². The molecule has 2 atom stereocenters. The third-order valence-corrected chi connectivity index (χ3v) is 8.01. The van der Waals surface area contributed by atoms with Crippen molar-refractivity contribution < 1.29 is 14.3 Å². The summed E-state index contributed by atoms with van der Waals surface area (Å²) in [6, 6.07) is 35.6. The van der Waals surface area contributed by atoms with Gasteiger partial charge in [0.05, 0.1) is 17.2 Å². The Morgan fingerprint density at radius 1 is 0.762 bits per heavy atom. The average Bonchev–Trinajstić information content (AvgIpc) is 3.02. The Bertz CT molecular complexity index is 1870. The van der Waals surface area contributed by atoms with Crippen LogP contribution in [-0.2, 0) is 4.79 Å². The molecule has 4 aromatic carbocycles. The molecule has 6 nitrogen and oxygen atoms in total. The number of fused-ring (bicyclic) bond motifs is 1. The molecular weight excluding hydrogens is 548 g/mol. The topological polar surface area (TPSA) is 70.4 Å². The van der Waals surface area contributed by atoms with Crippen LogP contribution >= 0.6 is 11.6 Å². The Hall–Kier alpha value is -4.94. The molecule has 2 aliphatic rings. The number of hydrogen-bond donors (Lipinski definition) is 0. The quantitative estimate of drug-likeness (QED) is 0.217. The van der Waals surface area contributed by atoms with Crippen LogP contribution in [0, 0.1) is 0 Å². The monoisotopic (exact) mass is 572 g/mol. The van der Waals surface area contributed by atoms with Crippen molar-refractivity contribution in [3.05, 3.63) is 159 Å². The van der Waals surface area contributed by atoms with Gasteiger partial charge in [0.2, 0.25) is 5.88 Å². The van der Waals surface area contributed by atoms with Gasteiger partial charge in [-0.15, -0.1) is 0 Å². The van der Waals surface area contributed by atoms with E-state index in [0.717, 1.165) is 11.1 Å². The Kier molecular flexibility index (Phi) is 6.68. The lowest BCUT2D eigenvalue weighted by molar-refractivity contribution is -0.117. The normalized spacial score (nSPS) is 17.7. The molecule has 2 heterocycles. The fourth-order valence-corrected chi connectivity index (χ4v) is 5.94. The molecular formula is C35H25ClN2O4. The number of allylic oxidation sites excluding steroid dienone is 2. The van der Waals surface area contributed by atoms with E-state index in [1.165, 1.54) is 4.57 Å². The molecule has 1 aliphatic carbocycles. The van der Waals surface area contributed by atoms with E-state index in [2.05, 4.69) is 0 Å². The number of aromatic nitrogens is 2. The number of carbonyl (C=O) groups excluding carboxylic acids is 1. The number of nitrogens with zero attached hydrogens (tertiary/aromatic N) is 2. The fraction of sp³-hybridized carbons (Fsp3) is 0.114. The molecule has 0 amide bonds. The molecule has 206 valence electrons. The van der Waals surface area contributed by atoms with Crippen molar-refractivity contribution in [1.29, 1.82) is 0 Å². The number of rotatable bonds is 5. The number of para-hydroxylation sites is 1. The van der Waals surface area contributed by atoms with Gasteiger partial charge in [0.15, 0.2) is 5.78 Å². The van der Waals surface area contributed by atoms with E-state index in [1.54, 1.807) is 36.4 Å². The van der Waals surface area contributed by atoms with Crippen molar-refractivity contribution in [2.45, 2.75) is 24.7 Å². The fourth-order valence-electron chi connectivity index (χ4n) is 5.82. The zero-order valence-corrected chi connectivity index (χ0v) is 23.2. The first-order valence-corrected chi connectivity index (χ1v) is 14.1. The Morgan fingerprint density at radius 2 is 1.38 bits per heavy atom. The van der Waals surface area contributed by atoms with Crippen LogP contribution in [0.4, 0.5) is 0 Å². The van der Waals surface area contributed by atoms with E-state index in [9.17, 15) is 9.59 Å². The summed E-state index contributed by atoms with van der Waals surface area (Å²) in [5.74, 6) is 0.489. The lowest BCUT2D eigenvalue weighted by Crippen LogP contribution is -2.35. The van der Waals surface area contributed by atoms with Crippen LogP contribution < -0.4 is 15.0 Å². The number of halogens is 1. The largest absolute Gasteiger partial charge is 0.442 e. The van der Waals surface area contributed by atoms with Gasteiger partial charge in [0, 0.05) is 23.4 Å². The number of carbonyl (C=O) groups is 1. The molecule has 5 aromatic rings. The van der Waals surface area contributed by atoms with Gasteiger partial charge in [-0.2, -0.15) is 4.98 Å². The Labute approximate surface area is 247 Å².